The molecule has 1 saturated heterocycles. The molecule has 0 bridgehead atoms. The van der Waals surface area contributed by atoms with Gasteiger partial charge >= 0.3 is 0 Å². The number of para-hydroxylation sites is 1. The van der Waals surface area contributed by atoms with Crippen molar-refractivity contribution in [3.63, 3.8) is 0 Å². The summed E-state index contributed by atoms with van der Waals surface area (Å²) in [6.45, 7) is 1.43. The van der Waals surface area contributed by atoms with Gasteiger partial charge in [-0.15, -0.1) is 0 Å². The minimum Gasteiger partial charge on any atom is -0.496 e. The molecule has 1 unspecified atom stereocenters. The number of hydrogen-bond acceptors (Lipinski definition) is 4. The van der Waals surface area contributed by atoms with Gasteiger partial charge in [-0.3, -0.25) is 14.7 Å². The Balaban J connectivity index is 1.36. The second-order valence-corrected chi connectivity index (χ2v) is 7.45. The van der Waals surface area contributed by atoms with Crippen LogP contribution in [-0.2, 0) is 6.54 Å². The molecule has 160 valence electrons. The Labute approximate surface area is 179 Å². The summed E-state index contributed by atoms with van der Waals surface area (Å²) in [7, 11) is 1.59. The van der Waals surface area contributed by atoms with E-state index in [2.05, 4.69) is 15.5 Å². The van der Waals surface area contributed by atoms with Crippen molar-refractivity contribution in [2.75, 3.05) is 20.2 Å². The van der Waals surface area contributed by atoms with Crippen LogP contribution < -0.4 is 10.1 Å². The molecule has 0 saturated carbocycles. The molecule has 2 amide bonds. The van der Waals surface area contributed by atoms with E-state index in [-0.39, 0.29) is 23.5 Å². The molecule has 4 rings (SSSR count). The lowest BCUT2D eigenvalue weighted by molar-refractivity contribution is 0.0790. The van der Waals surface area contributed by atoms with E-state index in [4.69, 9.17) is 4.74 Å². The number of methoxy groups -OCH3 is 1. The highest BCUT2D eigenvalue weighted by Gasteiger charge is 2.29. The smallest absolute Gasteiger partial charge is 0.272 e. The van der Waals surface area contributed by atoms with Gasteiger partial charge in [-0.25, -0.2) is 4.39 Å². The molecule has 1 fully saturated rings. The molecule has 1 aliphatic heterocycles. The zero-order valence-electron chi connectivity index (χ0n) is 17.1. The Bertz CT molecular complexity index is 1080. The van der Waals surface area contributed by atoms with Gasteiger partial charge in [0.1, 0.15) is 17.3 Å². The van der Waals surface area contributed by atoms with Crippen molar-refractivity contribution in [1.29, 1.82) is 0 Å². The van der Waals surface area contributed by atoms with E-state index in [0.29, 0.717) is 36.6 Å². The highest BCUT2D eigenvalue weighted by Crippen LogP contribution is 2.27. The Morgan fingerprint density at radius 1 is 1.23 bits per heavy atom. The second-order valence-electron chi connectivity index (χ2n) is 7.45. The number of carbonyl (C=O) groups is 2. The SMILES string of the molecule is COc1ccccc1CNC(=O)c1cc(C2CCN(C(=O)c3ccc(F)cc3)C2)[nH]n1. The van der Waals surface area contributed by atoms with Gasteiger partial charge < -0.3 is 15.0 Å². The zero-order valence-corrected chi connectivity index (χ0v) is 17.1. The quantitative estimate of drug-likeness (QED) is 0.639. The van der Waals surface area contributed by atoms with Crippen LogP contribution in [0.4, 0.5) is 4.39 Å². The molecule has 1 atom stereocenters. The summed E-state index contributed by atoms with van der Waals surface area (Å²) in [6.07, 6.45) is 0.761. The first-order valence-corrected chi connectivity index (χ1v) is 10.1. The molecule has 0 aliphatic carbocycles. The average Bonchev–Trinajstić information content (AvgIpc) is 3.47. The summed E-state index contributed by atoms with van der Waals surface area (Å²) in [6, 6.07) is 14.8. The lowest BCUT2D eigenvalue weighted by Gasteiger charge is -2.16. The van der Waals surface area contributed by atoms with Gasteiger partial charge in [-0.05, 0) is 42.8 Å². The standard InChI is InChI=1S/C23H23FN4O3/c1-31-21-5-3-2-4-16(21)13-25-22(29)20-12-19(26-27-20)17-10-11-28(14-17)23(30)15-6-8-18(24)9-7-15/h2-9,12,17H,10-11,13-14H2,1H3,(H,25,29)(H,26,27). The van der Waals surface area contributed by atoms with E-state index in [0.717, 1.165) is 17.7 Å². The molecule has 1 aliphatic rings. The van der Waals surface area contributed by atoms with Crippen molar-refractivity contribution in [3.05, 3.63) is 82.9 Å². The van der Waals surface area contributed by atoms with Gasteiger partial charge in [-0.1, -0.05) is 18.2 Å². The number of ether oxygens (including phenoxy) is 1. The first-order chi connectivity index (χ1) is 15.0. The number of H-pyrrole nitrogens is 1. The van der Waals surface area contributed by atoms with E-state index in [1.165, 1.54) is 24.3 Å². The summed E-state index contributed by atoms with van der Waals surface area (Å²) in [4.78, 5) is 26.9. The molecule has 1 aromatic heterocycles. The number of aromatic amines is 1. The third kappa shape index (κ3) is 4.58. The highest BCUT2D eigenvalue weighted by atomic mass is 19.1. The molecular formula is C23H23FN4O3. The Hall–Kier alpha value is -3.68. The van der Waals surface area contributed by atoms with Crippen LogP contribution in [0, 0.1) is 5.82 Å². The maximum Gasteiger partial charge on any atom is 0.272 e. The Morgan fingerprint density at radius 2 is 2.00 bits per heavy atom. The summed E-state index contributed by atoms with van der Waals surface area (Å²) in [5.41, 5.74) is 2.45. The van der Waals surface area contributed by atoms with Gasteiger partial charge in [0.25, 0.3) is 11.8 Å². The predicted octanol–water partition coefficient (Wildman–Crippen LogP) is 3.12. The van der Waals surface area contributed by atoms with Crippen LogP contribution in [-0.4, -0.2) is 47.1 Å². The van der Waals surface area contributed by atoms with Gasteiger partial charge in [-0.2, -0.15) is 5.10 Å². The van der Waals surface area contributed by atoms with Crippen LogP contribution in [0.1, 0.15) is 44.4 Å². The topological polar surface area (TPSA) is 87.3 Å². The first-order valence-electron chi connectivity index (χ1n) is 10.1. The number of nitrogens with one attached hydrogen (secondary N) is 2. The van der Waals surface area contributed by atoms with Crippen molar-refractivity contribution < 1.29 is 18.7 Å². The number of likely N-dealkylation sites (tertiary alicyclic amines) is 1. The molecular weight excluding hydrogens is 399 g/mol. The number of carbonyl (C=O) groups excluding carboxylic acids is 2. The first kappa shape index (κ1) is 20.6. The van der Waals surface area contributed by atoms with Gasteiger partial charge in [0, 0.05) is 42.4 Å². The van der Waals surface area contributed by atoms with Crippen molar-refractivity contribution in [3.8, 4) is 5.75 Å². The molecule has 2 heterocycles. The normalized spacial score (nSPS) is 15.7. The van der Waals surface area contributed by atoms with Gasteiger partial charge in [0.05, 0.1) is 7.11 Å². The van der Waals surface area contributed by atoms with Crippen LogP contribution in [0.3, 0.4) is 0 Å². The number of halogens is 1. The minimum absolute atomic E-state index is 0.0627. The van der Waals surface area contributed by atoms with Gasteiger partial charge in [0.2, 0.25) is 0 Å². The molecule has 0 radical (unpaired) electrons. The minimum atomic E-state index is -0.371. The lowest BCUT2D eigenvalue weighted by Crippen LogP contribution is -2.28. The maximum atomic E-state index is 13.1. The molecule has 3 aromatic rings. The fourth-order valence-corrected chi connectivity index (χ4v) is 3.75. The van der Waals surface area contributed by atoms with E-state index in [1.54, 1.807) is 18.1 Å². The number of aromatic nitrogens is 2. The predicted molar refractivity (Wildman–Crippen MR) is 112 cm³/mol. The van der Waals surface area contributed by atoms with Crippen molar-refractivity contribution in [2.45, 2.75) is 18.9 Å². The Kier molecular flexibility index (Phi) is 5.97. The molecule has 31 heavy (non-hydrogen) atoms. The van der Waals surface area contributed by atoms with E-state index in [1.807, 2.05) is 24.3 Å². The molecule has 0 spiro atoms. The number of nitrogens with zero attached hydrogens (tertiary/aromatic N) is 2. The molecule has 7 nitrogen and oxygen atoms in total. The van der Waals surface area contributed by atoms with Crippen LogP contribution in [0.5, 0.6) is 5.75 Å². The number of hydrogen-bond donors (Lipinski definition) is 2. The fraction of sp³-hybridized carbons (Fsp3) is 0.261. The third-order valence-corrected chi connectivity index (χ3v) is 5.47. The van der Waals surface area contributed by atoms with Crippen LogP contribution >= 0.6 is 0 Å². The van der Waals surface area contributed by atoms with E-state index >= 15 is 0 Å². The summed E-state index contributed by atoms with van der Waals surface area (Å²) < 4.78 is 18.4. The number of amides is 2. The zero-order chi connectivity index (χ0) is 21.8. The van der Waals surface area contributed by atoms with E-state index in [9.17, 15) is 14.0 Å². The highest BCUT2D eigenvalue weighted by molar-refractivity contribution is 5.94. The summed E-state index contributed by atoms with van der Waals surface area (Å²) in [5, 5.41) is 9.92. The second kappa shape index (κ2) is 8.99. The molecule has 2 N–H and O–H groups in total. The largest absolute Gasteiger partial charge is 0.496 e. The van der Waals surface area contributed by atoms with Crippen LogP contribution in [0.2, 0.25) is 0 Å². The average molecular weight is 422 g/mol. The van der Waals surface area contributed by atoms with E-state index < -0.39 is 0 Å². The van der Waals surface area contributed by atoms with Crippen LogP contribution in [0.15, 0.2) is 54.6 Å². The summed E-state index contributed by atoms with van der Waals surface area (Å²) >= 11 is 0. The molecule has 2 aromatic carbocycles. The fourth-order valence-electron chi connectivity index (χ4n) is 3.75. The number of rotatable bonds is 6. The monoisotopic (exact) mass is 422 g/mol. The lowest BCUT2D eigenvalue weighted by atomic mass is 10.0. The Morgan fingerprint density at radius 3 is 2.77 bits per heavy atom. The van der Waals surface area contributed by atoms with Crippen molar-refractivity contribution >= 4 is 11.8 Å². The summed E-state index contributed by atoms with van der Waals surface area (Å²) in [5.74, 6) is -0.0117. The number of benzene rings is 2. The van der Waals surface area contributed by atoms with Crippen molar-refractivity contribution in [2.24, 2.45) is 0 Å². The van der Waals surface area contributed by atoms with Gasteiger partial charge in [0.15, 0.2) is 0 Å². The third-order valence-electron chi connectivity index (χ3n) is 5.47. The molecule has 8 heteroatoms. The van der Waals surface area contributed by atoms with Crippen molar-refractivity contribution in [1.82, 2.24) is 20.4 Å². The van der Waals surface area contributed by atoms with Crippen LogP contribution in [0.25, 0.3) is 0 Å². The maximum absolute atomic E-state index is 13.1.